The molecule has 0 spiro atoms. The summed E-state index contributed by atoms with van der Waals surface area (Å²) in [5, 5.41) is 6.12. The lowest BCUT2D eigenvalue weighted by molar-refractivity contribution is 0.241. The molecule has 2 heterocycles. The summed E-state index contributed by atoms with van der Waals surface area (Å²) in [4.78, 5) is 17.8. The van der Waals surface area contributed by atoms with E-state index >= 15 is 0 Å². The van der Waals surface area contributed by atoms with E-state index in [0.29, 0.717) is 19.4 Å². The zero-order valence-corrected chi connectivity index (χ0v) is 14.8. The van der Waals surface area contributed by atoms with Gasteiger partial charge in [-0.3, -0.25) is 0 Å². The number of carbonyl (C=O) groups excluding carboxylic acids is 1. The highest BCUT2D eigenvalue weighted by atomic mass is 32.2. The summed E-state index contributed by atoms with van der Waals surface area (Å²) >= 11 is 1.76. The van der Waals surface area contributed by atoms with E-state index in [-0.39, 0.29) is 18.3 Å². The molecule has 0 aromatic carbocycles. The van der Waals surface area contributed by atoms with Crippen LogP contribution in [0.25, 0.3) is 0 Å². The van der Waals surface area contributed by atoms with Crippen LogP contribution in [0.3, 0.4) is 0 Å². The molecule has 6 nitrogen and oxygen atoms in total. The molecule has 1 saturated heterocycles. The number of urea groups is 1. The van der Waals surface area contributed by atoms with Crippen molar-refractivity contribution in [2.24, 2.45) is 0 Å². The summed E-state index contributed by atoms with van der Waals surface area (Å²) < 4.78 is 23.4. The summed E-state index contributed by atoms with van der Waals surface area (Å²) in [5.41, 5.74) is 1.24. The highest BCUT2D eigenvalue weighted by Crippen LogP contribution is 2.26. The molecular weight excluding hydrogens is 334 g/mol. The largest absolute Gasteiger partial charge is 0.338 e. The number of nitrogens with one attached hydrogen (secondary N) is 2. The Hall–Kier alpha value is -1.15. The Balaban J connectivity index is 1.38. The first-order valence-corrected chi connectivity index (χ1v) is 10.8. The van der Waals surface area contributed by atoms with Gasteiger partial charge in [0.05, 0.1) is 21.7 Å². The van der Waals surface area contributed by atoms with Gasteiger partial charge in [-0.25, -0.2) is 18.2 Å². The lowest BCUT2D eigenvalue weighted by atomic mass is 10.0. The number of rotatable bonds is 5. The minimum atomic E-state index is -3.00. The van der Waals surface area contributed by atoms with E-state index in [2.05, 4.69) is 15.6 Å². The van der Waals surface area contributed by atoms with Crippen LogP contribution in [-0.4, -0.2) is 43.5 Å². The van der Waals surface area contributed by atoms with Gasteiger partial charge in [-0.15, -0.1) is 11.3 Å². The predicted molar refractivity (Wildman–Crippen MR) is 90.7 cm³/mol. The number of aromatic nitrogens is 1. The van der Waals surface area contributed by atoms with Crippen molar-refractivity contribution in [3.8, 4) is 0 Å². The molecule has 1 unspecified atom stereocenters. The predicted octanol–water partition coefficient (Wildman–Crippen LogP) is 1.44. The first-order valence-electron chi connectivity index (χ1n) is 8.25. The lowest BCUT2D eigenvalue weighted by Gasteiger charge is -2.11. The van der Waals surface area contributed by atoms with E-state index in [4.69, 9.17) is 0 Å². The fourth-order valence-electron chi connectivity index (χ4n) is 3.15. The highest BCUT2D eigenvalue weighted by Gasteiger charge is 2.31. The topological polar surface area (TPSA) is 88.2 Å². The molecule has 23 heavy (non-hydrogen) atoms. The van der Waals surface area contributed by atoms with Crippen molar-refractivity contribution in [3.63, 3.8) is 0 Å². The van der Waals surface area contributed by atoms with Crippen LogP contribution in [0.4, 0.5) is 4.79 Å². The van der Waals surface area contributed by atoms with Gasteiger partial charge in [0.15, 0.2) is 9.84 Å². The molecule has 128 valence electrons. The number of carbonyl (C=O) groups is 1. The minimum Gasteiger partial charge on any atom is -0.338 e. The van der Waals surface area contributed by atoms with Crippen LogP contribution < -0.4 is 10.6 Å². The van der Waals surface area contributed by atoms with Crippen LogP contribution in [0.5, 0.6) is 0 Å². The molecule has 0 saturated carbocycles. The molecule has 1 fully saturated rings. The molecule has 2 amide bonds. The second-order valence-corrected chi connectivity index (χ2v) is 9.77. The number of hydrogen-bond acceptors (Lipinski definition) is 5. The fourth-order valence-corrected chi connectivity index (χ4v) is 6.07. The Morgan fingerprint density at radius 3 is 2.78 bits per heavy atom. The first-order chi connectivity index (χ1) is 11.0. The van der Waals surface area contributed by atoms with Gasteiger partial charge in [0.25, 0.3) is 0 Å². The number of amides is 2. The lowest BCUT2D eigenvalue weighted by Crippen LogP contribution is -2.41. The molecule has 1 aliphatic carbocycles. The molecule has 1 aliphatic heterocycles. The third-order valence-electron chi connectivity index (χ3n) is 4.47. The normalized spacial score (nSPS) is 22.5. The Labute approximate surface area is 141 Å². The van der Waals surface area contributed by atoms with Gasteiger partial charge in [-0.05, 0) is 38.5 Å². The summed E-state index contributed by atoms with van der Waals surface area (Å²) in [6, 6.07) is -0.298. The van der Waals surface area contributed by atoms with Crippen molar-refractivity contribution >= 4 is 27.2 Å². The van der Waals surface area contributed by atoms with Crippen LogP contribution in [0.15, 0.2) is 0 Å². The van der Waals surface area contributed by atoms with Crippen molar-refractivity contribution in [1.29, 1.82) is 0 Å². The van der Waals surface area contributed by atoms with Gasteiger partial charge in [0, 0.05) is 24.4 Å². The minimum absolute atomic E-state index is 0.208. The maximum atomic E-state index is 11.8. The molecule has 1 atom stereocenters. The third-order valence-corrected chi connectivity index (χ3v) is 7.96. The monoisotopic (exact) mass is 357 g/mol. The van der Waals surface area contributed by atoms with Crippen LogP contribution in [0.1, 0.15) is 41.3 Å². The Kier molecular flexibility index (Phi) is 5.21. The SMILES string of the molecule is O=C(NCCc1nc2c(s1)CCCC2)NCC1CCCS1(=O)=O. The van der Waals surface area contributed by atoms with E-state index < -0.39 is 15.1 Å². The Bertz CT molecular complexity index is 646. The summed E-state index contributed by atoms with van der Waals surface area (Å²) in [7, 11) is -3.00. The van der Waals surface area contributed by atoms with Crippen molar-refractivity contribution in [2.45, 2.75) is 50.2 Å². The van der Waals surface area contributed by atoms with E-state index in [0.717, 1.165) is 24.3 Å². The van der Waals surface area contributed by atoms with E-state index in [1.807, 2.05) is 0 Å². The van der Waals surface area contributed by atoms with E-state index in [9.17, 15) is 13.2 Å². The Morgan fingerprint density at radius 2 is 2.04 bits per heavy atom. The van der Waals surface area contributed by atoms with Crippen molar-refractivity contribution in [3.05, 3.63) is 15.6 Å². The van der Waals surface area contributed by atoms with Crippen LogP contribution in [0, 0.1) is 0 Å². The second kappa shape index (κ2) is 7.17. The molecule has 1 aromatic rings. The average Bonchev–Trinajstić information content (AvgIpc) is 3.07. The second-order valence-electron chi connectivity index (χ2n) is 6.20. The zero-order chi connectivity index (χ0) is 16.3. The van der Waals surface area contributed by atoms with Crippen LogP contribution in [0.2, 0.25) is 0 Å². The zero-order valence-electron chi connectivity index (χ0n) is 13.1. The smallest absolute Gasteiger partial charge is 0.314 e. The van der Waals surface area contributed by atoms with Gasteiger partial charge >= 0.3 is 6.03 Å². The maximum Gasteiger partial charge on any atom is 0.314 e. The molecular formula is C15H23N3O3S2. The van der Waals surface area contributed by atoms with Gasteiger partial charge in [0.2, 0.25) is 0 Å². The van der Waals surface area contributed by atoms with Gasteiger partial charge in [-0.1, -0.05) is 0 Å². The number of hydrogen-bond donors (Lipinski definition) is 2. The van der Waals surface area contributed by atoms with Crippen molar-refractivity contribution < 1.29 is 13.2 Å². The third kappa shape index (κ3) is 4.23. The molecule has 3 rings (SSSR count). The van der Waals surface area contributed by atoms with Gasteiger partial charge in [-0.2, -0.15) is 0 Å². The van der Waals surface area contributed by atoms with Crippen molar-refractivity contribution in [1.82, 2.24) is 15.6 Å². The number of fused-ring (bicyclic) bond motifs is 1. The van der Waals surface area contributed by atoms with E-state index in [1.54, 1.807) is 11.3 Å². The standard InChI is InChI=1S/C15H23N3O3S2/c19-15(17-10-11-4-3-9-23(11,20)21)16-8-7-14-18-12-5-1-2-6-13(12)22-14/h11H,1-10H2,(H2,16,17,19). The first kappa shape index (κ1) is 16.7. The van der Waals surface area contributed by atoms with Crippen LogP contribution in [-0.2, 0) is 29.1 Å². The molecule has 8 heteroatoms. The number of sulfone groups is 1. The number of nitrogens with zero attached hydrogens (tertiary/aromatic N) is 1. The number of thiazole rings is 1. The van der Waals surface area contributed by atoms with Crippen LogP contribution >= 0.6 is 11.3 Å². The van der Waals surface area contributed by atoms with E-state index in [1.165, 1.54) is 23.4 Å². The van der Waals surface area contributed by atoms with Gasteiger partial charge < -0.3 is 10.6 Å². The molecule has 2 aliphatic rings. The average molecular weight is 358 g/mol. The quantitative estimate of drug-likeness (QED) is 0.835. The van der Waals surface area contributed by atoms with Crippen molar-refractivity contribution in [2.75, 3.05) is 18.8 Å². The summed E-state index contributed by atoms with van der Waals surface area (Å²) in [5.74, 6) is 0.246. The van der Waals surface area contributed by atoms with Gasteiger partial charge in [0.1, 0.15) is 0 Å². The highest BCUT2D eigenvalue weighted by molar-refractivity contribution is 7.92. The molecule has 1 aromatic heterocycles. The number of aryl methyl sites for hydroxylation is 2. The maximum absolute atomic E-state index is 11.8. The molecule has 0 radical (unpaired) electrons. The Morgan fingerprint density at radius 1 is 1.22 bits per heavy atom. The fraction of sp³-hybridized carbons (Fsp3) is 0.733. The summed E-state index contributed by atoms with van der Waals surface area (Å²) in [6.07, 6.45) is 6.76. The molecule has 0 bridgehead atoms. The summed E-state index contributed by atoms with van der Waals surface area (Å²) in [6.45, 7) is 0.732. The molecule has 2 N–H and O–H groups in total.